The van der Waals surface area contributed by atoms with Gasteiger partial charge in [-0.2, -0.15) is 0 Å². The number of nitrogens with one attached hydrogen (secondary N) is 1. The minimum atomic E-state index is -0.126. The van der Waals surface area contributed by atoms with E-state index in [9.17, 15) is 4.79 Å². The maximum atomic E-state index is 13.1. The van der Waals surface area contributed by atoms with Gasteiger partial charge >= 0.3 is 0 Å². The molecule has 1 N–H and O–H groups in total. The maximum absolute atomic E-state index is 13.1. The Morgan fingerprint density at radius 1 is 1.28 bits per heavy atom. The van der Waals surface area contributed by atoms with Crippen molar-refractivity contribution in [1.29, 1.82) is 0 Å². The summed E-state index contributed by atoms with van der Waals surface area (Å²) in [6.07, 6.45) is 2.04. The van der Waals surface area contributed by atoms with Crippen LogP contribution in [0.25, 0.3) is 10.8 Å². The van der Waals surface area contributed by atoms with Crippen LogP contribution in [0.5, 0.6) is 5.75 Å². The van der Waals surface area contributed by atoms with E-state index in [1.54, 1.807) is 7.11 Å². The van der Waals surface area contributed by atoms with Gasteiger partial charge in [-0.25, -0.2) is 0 Å². The second kappa shape index (κ2) is 7.87. The molecule has 1 amide bonds. The molecule has 1 fully saturated rings. The highest BCUT2D eigenvalue weighted by Gasteiger charge is 2.29. The van der Waals surface area contributed by atoms with E-state index >= 15 is 0 Å². The molecule has 0 radical (unpaired) electrons. The largest absolute Gasteiger partial charge is 0.497 e. The lowest BCUT2D eigenvalue weighted by Crippen LogP contribution is -2.44. The lowest BCUT2D eigenvalue weighted by molar-refractivity contribution is -0.134. The lowest BCUT2D eigenvalue weighted by Gasteiger charge is -2.31. The molecular weight excluding hydrogens is 312 g/mol. The Kier molecular flexibility index (Phi) is 5.59. The van der Waals surface area contributed by atoms with Crippen LogP contribution < -0.4 is 10.1 Å². The summed E-state index contributed by atoms with van der Waals surface area (Å²) in [4.78, 5) is 15.2. The van der Waals surface area contributed by atoms with Crippen molar-refractivity contribution in [1.82, 2.24) is 10.2 Å². The SMILES string of the molecule is CCCN(C(=O)C(C)c1ccc2cc(OC)ccc2c1)C1CCNC1. The molecular formula is C21H28N2O2. The van der Waals surface area contributed by atoms with Gasteiger partial charge in [-0.1, -0.05) is 31.2 Å². The summed E-state index contributed by atoms with van der Waals surface area (Å²) in [6.45, 7) is 6.91. The zero-order valence-electron chi connectivity index (χ0n) is 15.4. The van der Waals surface area contributed by atoms with Crippen LogP contribution in [0, 0.1) is 0 Å². The highest BCUT2D eigenvalue weighted by atomic mass is 16.5. The minimum absolute atomic E-state index is 0.126. The van der Waals surface area contributed by atoms with E-state index in [1.165, 1.54) is 0 Å². The molecule has 4 nitrogen and oxygen atoms in total. The molecule has 0 bridgehead atoms. The fourth-order valence-corrected chi connectivity index (χ4v) is 3.65. The van der Waals surface area contributed by atoms with Gasteiger partial charge in [-0.15, -0.1) is 0 Å². The number of hydrogen-bond acceptors (Lipinski definition) is 3. The van der Waals surface area contributed by atoms with Crippen molar-refractivity contribution in [2.75, 3.05) is 26.7 Å². The van der Waals surface area contributed by atoms with Crippen LogP contribution in [0.3, 0.4) is 0 Å². The molecule has 0 spiro atoms. The van der Waals surface area contributed by atoms with Crippen LogP contribution in [0.2, 0.25) is 0 Å². The van der Waals surface area contributed by atoms with Crippen molar-refractivity contribution in [3.63, 3.8) is 0 Å². The molecule has 0 aliphatic carbocycles. The molecule has 134 valence electrons. The van der Waals surface area contributed by atoms with E-state index in [2.05, 4.69) is 41.4 Å². The second-order valence-corrected chi connectivity index (χ2v) is 6.87. The summed E-state index contributed by atoms with van der Waals surface area (Å²) in [7, 11) is 1.68. The van der Waals surface area contributed by atoms with E-state index in [4.69, 9.17) is 4.74 Å². The monoisotopic (exact) mass is 340 g/mol. The van der Waals surface area contributed by atoms with Crippen LogP contribution in [-0.4, -0.2) is 43.6 Å². The molecule has 1 aliphatic rings. The lowest BCUT2D eigenvalue weighted by atomic mass is 9.95. The van der Waals surface area contributed by atoms with Crippen molar-refractivity contribution in [2.24, 2.45) is 0 Å². The number of methoxy groups -OCH3 is 1. The van der Waals surface area contributed by atoms with E-state index in [0.717, 1.165) is 54.6 Å². The Balaban J connectivity index is 1.83. The average Bonchev–Trinajstić information content (AvgIpc) is 3.18. The fraction of sp³-hybridized carbons (Fsp3) is 0.476. The first-order valence-electron chi connectivity index (χ1n) is 9.23. The molecule has 4 heteroatoms. The molecule has 25 heavy (non-hydrogen) atoms. The van der Waals surface area contributed by atoms with Gasteiger partial charge in [0.2, 0.25) is 5.91 Å². The summed E-state index contributed by atoms with van der Waals surface area (Å²) in [5.41, 5.74) is 1.08. The molecule has 0 saturated carbocycles. The Hall–Kier alpha value is -2.07. The number of amides is 1. The zero-order chi connectivity index (χ0) is 17.8. The van der Waals surface area contributed by atoms with E-state index in [0.29, 0.717) is 6.04 Å². The number of benzene rings is 2. The Bertz CT molecular complexity index is 738. The van der Waals surface area contributed by atoms with Gasteiger partial charge < -0.3 is 15.0 Å². The third-order valence-electron chi connectivity index (χ3n) is 5.16. The highest BCUT2D eigenvalue weighted by molar-refractivity contribution is 5.88. The highest BCUT2D eigenvalue weighted by Crippen LogP contribution is 2.27. The van der Waals surface area contributed by atoms with Crippen molar-refractivity contribution in [2.45, 2.75) is 38.6 Å². The summed E-state index contributed by atoms with van der Waals surface area (Å²) in [5, 5.41) is 5.65. The molecule has 3 rings (SSSR count). The number of fused-ring (bicyclic) bond motifs is 1. The first-order valence-corrected chi connectivity index (χ1v) is 9.23. The van der Waals surface area contributed by atoms with E-state index in [-0.39, 0.29) is 11.8 Å². The van der Waals surface area contributed by atoms with Crippen molar-refractivity contribution < 1.29 is 9.53 Å². The van der Waals surface area contributed by atoms with Crippen LogP contribution in [0.4, 0.5) is 0 Å². The van der Waals surface area contributed by atoms with Gasteiger partial charge in [-0.3, -0.25) is 4.79 Å². The predicted octanol–water partition coefficient (Wildman–Crippen LogP) is 3.55. The van der Waals surface area contributed by atoms with Gasteiger partial charge in [0.05, 0.1) is 13.0 Å². The molecule has 0 aromatic heterocycles. The van der Waals surface area contributed by atoms with Gasteiger partial charge in [0, 0.05) is 19.1 Å². The van der Waals surface area contributed by atoms with E-state index in [1.807, 2.05) is 19.1 Å². The second-order valence-electron chi connectivity index (χ2n) is 6.87. The Labute approximate surface area is 150 Å². The number of rotatable bonds is 6. The van der Waals surface area contributed by atoms with Crippen LogP contribution in [0.1, 0.15) is 38.2 Å². The molecule has 2 aromatic carbocycles. The Morgan fingerprint density at radius 3 is 2.72 bits per heavy atom. The molecule has 2 unspecified atom stereocenters. The standard InChI is InChI=1S/C21H28N2O2/c1-4-11-23(19-9-10-22-14-19)21(24)15(2)16-5-6-18-13-20(25-3)8-7-17(18)12-16/h5-8,12-13,15,19,22H,4,9-11,14H2,1-3H3. The first-order chi connectivity index (χ1) is 12.1. The third-order valence-corrected chi connectivity index (χ3v) is 5.16. The summed E-state index contributed by atoms with van der Waals surface area (Å²) < 4.78 is 5.29. The molecule has 1 heterocycles. The van der Waals surface area contributed by atoms with Crippen molar-refractivity contribution >= 4 is 16.7 Å². The fourth-order valence-electron chi connectivity index (χ4n) is 3.65. The Morgan fingerprint density at radius 2 is 2.04 bits per heavy atom. The number of nitrogens with zero attached hydrogens (tertiary/aromatic N) is 1. The number of ether oxygens (including phenoxy) is 1. The summed E-state index contributed by atoms with van der Waals surface area (Å²) in [6, 6.07) is 12.7. The predicted molar refractivity (Wildman–Crippen MR) is 102 cm³/mol. The molecule has 1 saturated heterocycles. The zero-order valence-corrected chi connectivity index (χ0v) is 15.4. The van der Waals surface area contributed by atoms with Crippen LogP contribution in [0.15, 0.2) is 36.4 Å². The van der Waals surface area contributed by atoms with Gasteiger partial charge in [0.25, 0.3) is 0 Å². The summed E-state index contributed by atoms with van der Waals surface area (Å²) >= 11 is 0. The number of carbonyl (C=O) groups is 1. The molecule has 1 aliphatic heterocycles. The van der Waals surface area contributed by atoms with Gasteiger partial charge in [-0.05, 0) is 54.8 Å². The quantitative estimate of drug-likeness (QED) is 0.874. The van der Waals surface area contributed by atoms with Gasteiger partial charge in [0.1, 0.15) is 5.75 Å². The summed E-state index contributed by atoms with van der Waals surface area (Å²) in [5.74, 6) is 0.967. The molecule has 2 atom stereocenters. The maximum Gasteiger partial charge on any atom is 0.230 e. The van der Waals surface area contributed by atoms with Crippen molar-refractivity contribution in [3.8, 4) is 5.75 Å². The smallest absolute Gasteiger partial charge is 0.230 e. The van der Waals surface area contributed by atoms with Crippen LogP contribution >= 0.6 is 0 Å². The number of hydrogen-bond donors (Lipinski definition) is 1. The normalized spacial score (nSPS) is 18.3. The van der Waals surface area contributed by atoms with Crippen LogP contribution in [-0.2, 0) is 4.79 Å². The van der Waals surface area contributed by atoms with Crippen molar-refractivity contribution in [3.05, 3.63) is 42.0 Å². The molecule has 2 aromatic rings. The first kappa shape index (κ1) is 17.7. The average molecular weight is 340 g/mol. The van der Waals surface area contributed by atoms with E-state index < -0.39 is 0 Å². The van der Waals surface area contributed by atoms with Gasteiger partial charge in [0.15, 0.2) is 0 Å². The topological polar surface area (TPSA) is 41.6 Å². The minimum Gasteiger partial charge on any atom is -0.497 e. The number of carbonyl (C=O) groups excluding carboxylic acids is 1. The third kappa shape index (κ3) is 3.79.